The lowest BCUT2D eigenvalue weighted by atomic mass is 9.74. The molecule has 0 radical (unpaired) electrons. The van der Waals surface area contributed by atoms with Gasteiger partial charge in [-0.3, -0.25) is 9.59 Å². The molecule has 1 aliphatic carbocycles. The van der Waals surface area contributed by atoms with E-state index in [-0.39, 0.29) is 22.9 Å². The summed E-state index contributed by atoms with van der Waals surface area (Å²) in [6.45, 7) is 0.580. The summed E-state index contributed by atoms with van der Waals surface area (Å²) in [5.74, 6) is -0.586. The predicted molar refractivity (Wildman–Crippen MR) is 69.3 cm³/mol. The molecular weight excluding hydrogens is 248 g/mol. The topological polar surface area (TPSA) is 91.4 Å². The van der Waals surface area contributed by atoms with Gasteiger partial charge in [-0.2, -0.15) is 0 Å². The molecule has 6 heteroatoms. The second-order valence-electron chi connectivity index (χ2n) is 4.95. The van der Waals surface area contributed by atoms with E-state index in [2.05, 4.69) is 10.3 Å². The van der Waals surface area contributed by atoms with Gasteiger partial charge >= 0.3 is 0 Å². The molecule has 0 aromatic carbocycles. The van der Waals surface area contributed by atoms with Crippen molar-refractivity contribution in [2.45, 2.75) is 31.2 Å². The molecule has 1 aliphatic rings. The second kappa shape index (κ2) is 5.44. The van der Waals surface area contributed by atoms with Crippen LogP contribution in [0.15, 0.2) is 16.9 Å². The van der Waals surface area contributed by atoms with Crippen molar-refractivity contribution in [3.8, 4) is 5.75 Å². The van der Waals surface area contributed by atoms with Gasteiger partial charge in [0.2, 0.25) is 0 Å². The first-order chi connectivity index (χ1) is 9.04. The number of amides is 1. The standard InChI is InChI=1S/C13H18N2O4/c1-19-6-5-13(3-2-4-13)15-12(18)10-7-9(16)8-11(17)14-10/h7-8H,2-6H2,1H3,(H,15,18)(H2,14,16,17). The highest BCUT2D eigenvalue weighted by atomic mass is 16.5. The Morgan fingerprint density at radius 3 is 2.79 bits per heavy atom. The van der Waals surface area contributed by atoms with Crippen LogP contribution in [0.5, 0.6) is 5.75 Å². The van der Waals surface area contributed by atoms with Crippen molar-refractivity contribution < 1.29 is 14.6 Å². The molecule has 3 N–H and O–H groups in total. The highest BCUT2D eigenvalue weighted by Gasteiger charge is 2.38. The van der Waals surface area contributed by atoms with Crippen molar-refractivity contribution in [1.29, 1.82) is 0 Å². The molecular formula is C13H18N2O4. The van der Waals surface area contributed by atoms with Gasteiger partial charge in [0.25, 0.3) is 11.5 Å². The minimum atomic E-state index is -0.496. The third kappa shape index (κ3) is 3.14. The SMILES string of the molecule is COCCC1(NC(=O)c2cc(O)cc(=O)[nH]2)CCC1. The van der Waals surface area contributed by atoms with Crippen LogP contribution in [0.4, 0.5) is 0 Å². The van der Waals surface area contributed by atoms with Gasteiger partial charge in [0.15, 0.2) is 0 Å². The summed E-state index contributed by atoms with van der Waals surface area (Å²) in [5.41, 5.74) is -0.659. The Kier molecular flexibility index (Phi) is 3.90. The fraction of sp³-hybridized carbons (Fsp3) is 0.538. The lowest BCUT2D eigenvalue weighted by Gasteiger charge is -2.42. The third-order valence-electron chi connectivity index (χ3n) is 3.55. The van der Waals surface area contributed by atoms with Crippen LogP contribution in [0.3, 0.4) is 0 Å². The number of carbonyl (C=O) groups is 1. The van der Waals surface area contributed by atoms with Crippen LogP contribution >= 0.6 is 0 Å². The summed E-state index contributed by atoms with van der Waals surface area (Å²) in [7, 11) is 1.63. The van der Waals surface area contributed by atoms with Crippen LogP contribution in [0.25, 0.3) is 0 Å². The number of methoxy groups -OCH3 is 1. The van der Waals surface area contributed by atoms with E-state index in [9.17, 15) is 14.7 Å². The second-order valence-corrected chi connectivity index (χ2v) is 4.95. The molecule has 0 spiro atoms. The van der Waals surface area contributed by atoms with Gasteiger partial charge in [0.05, 0.1) is 0 Å². The number of pyridine rings is 1. The summed E-state index contributed by atoms with van der Waals surface area (Å²) in [6, 6.07) is 2.28. The molecule has 0 atom stereocenters. The highest BCUT2D eigenvalue weighted by molar-refractivity contribution is 5.93. The van der Waals surface area contributed by atoms with E-state index in [4.69, 9.17) is 4.74 Å². The average Bonchev–Trinajstić information content (AvgIpc) is 2.31. The van der Waals surface area contributed by atoms with Crippen LogP contribution in [0.1, 0.15) is 36.2 Å². The van der Waals surface area contributed by atoms with E-state index in [1.165, 1.54) is 6.07 Å². The number of hydrogen-bond donors (Lipinski definition) is 3. The monoisotopic (exact) mass is 266 g/mol. The third-order valence-corrected chi connectivity index (χ3v) is 3.55. The summed E-state index contributed by atoms with van der Waals surface area (Å²) in [5, 5.41) is 12.3. The number of aromatic hydroxyl groups is 1. The molecule has 1 amide bonds. The zero-order valence-electron chi connectivity index (χ0n) is 10.9. The first-order valence-corrected chi connectivity index (χ1v) is 6.29. The van der Waals surface area contributed by atoms with Crippen LogP contribution < -0.4 is 10.9 Å². The maximum absolute atomic E-state index is 12.1. The normalized spacial score (nSPS) is 16.7. The summed E-state index contributed by atoms with van der Waals surface area (Å²) >= 11 is 0. The molecule has 1 heterocycles. The van der Waals surface area contributed by atoms with E-state index in [0.29, 0.717) is 6.61 Å². The van der Waals surface area contributed by atoms with Crippen molar-refractivity contribution in [3.05, 3.63) is 28.2 Å². The van der Waals surface area contributed by atoms with E-state index in [0.717, 1.165) is 31.7 Å². The van der Waals surface area contributed by atoms with Gasteiger partial charge in [-0.1, -0.05) is 0 Å². The number of rotatable bonds is 5. The number of H-pyrrole nitrogens is 1. The molecule has 1 aromatic rings. The number of carbonyl (C=O) groups excluding carboxylic acids is 1. The zero-order chi connectivity index (χ0) is 13.9. The molecule has 1 aromatic heterocycles. The Balaban J connectivity index is 2.09. The fourth-order valence-electron chi connectivity index (χ4n) is 2.30. The Morgan fingerprint density at radius 2 is 2.26 bits per heavy atom. The zero-order valence-corrected chi connectivity index (χ0v) is 10.9. The molecule has 1 fully saturated rings. The van der Waals surface area contributed by atoms with Crippen LogP contribution in [-0.2, 0) is 4.74 Å². The van der Waals surface area contributed by atoms with Gasteiger partial charge in [0, 0.05) is 31.4 Å². The molecule has 0 aliphatic heterocycles. The smallest absolute Gasteiger partial charge is 0.268 e. The lowest BCUT2D eigenvalue weighted by Crippen LogP contribution is -2.54. The number of hydrogen-bond acceptors (Lipinski definition) is 4. The van der Waals surface area contributed by atoms with Gasteiger partial charge in [-0.05, 0) is 25.7 Å². The Hall–Kier alpha value is -1.82. The van der Waals surface area contributed by atoms with Crippen molar-refractivity contribution >= 4 is 5.91 Å². The van der Waals surface area contributed by atoms with Crippen LogP contribution in [0.2, 0.25) is 0 Å². The molecule has 19 heavy (non-hydrogen) atoms. The minimum absolute atomic E-state index is 0.0775. The van der Waals surface area contributed by atoms with Gasteiger partial charge in [-0.15, -0.1) is 0 Å². The largest absolute Gasteiger partial charge is 0.508 e. The highest BCUT2D eigenvalue weighted by Crippen LogP contribution is 2.35. The van der Waals surface area contributed by atoms with Crippen LogP contribution in [-0.4, -0.2) is 35.3 Å². The molecule has 2 rings (SSSR count). The summed E-state index contributed by atoms with van der Waals surface area (Å²) < 4.78 is 5.05. The molecule has 6 nitrogen and oxygen atoms in total. The van der Waals surface area contributed by atoms with E-state index >= 15 is 0 Å². The Bertz CT molecular complexity index is 520. The minimum Gasteiger partial charge on any atom is -0.508 e. The summed E-state index contributed by atoms with van der Waals surface area (Å²) in [6.07, 6.45) is 3.63. The average molecular weight is 266 g/mol. The van der Waals surface area contributed by atoms with E-state index in [1.54, 1.807) is 7.11 Å². The molecule has 0 unspecified atom stereocenters. The van der Waals surface area contributed by atoms with E-state index in [1.807, 2.05) is 0 Å². The number of nitrogens with one attached hydrogen (secondary N) is 2. The first kappa shape index (κ1) is 13.6. The van der Waals surface area contributed by atoms with Crippen molar-refractivity contribution in [3.63, 3.8) is 0 Å². The quantitative estimate of drug-likeness (QED) is 0.734. The van der Waals surface area contributed by atoms with Gasteiger partial charge in [-0.25, -0.2) is 0 Å². The molecule has 0 saturated heterocycles. The van der Waals surface area contributed by atoms with Gasteiger partial charge in [0.1, 0.15) is 11.4 Å². The predicted octanol–water partition coefficient (Wildman–Crippen LogP) is 0.769. The lowest BCUT2D eigenvalue weighted by molar-refractivity contribution is 0.0724. The van der Waals surface area contributed by atoms with E-state index < -0.39 is 5.56 Å². The maximum atomic E-state index is 12.1. The van der Waals surface area contributed by atoms with Crippen molar-refractivity contribution in [2.24, 2.45) is 0 Å². The molecule has 0 bridgehead atoms. The van der Waals surface area contributed by atoms with Gasteiger partial charge < -0.3 is 20.1 Å². The van der Waals surface area contributed by atoms with Crippen molar-refractivity contribution in [1.82, 2.24) is 10.3 Å². The van der Waals surface area contributed by atoms with Crippen molar-refractivity contribution in [2.75, 3.05) is 13.7 Å². The first-order valence-electron chi connectivity index (χ1n) is 6.29. The fourth-order valence-corrected chi connectivity index (χ4v) is 2.30. The van der Waals surface area contributed by atoms with Crippen LogP contribution in [0, 0.1) is 0 Å². The number of aromatic nitrogens is 1. The molecule has 104 valence electrons. The number of ether oxygens (including phenoxy) is 1. The molecule has 1 saturated carbocycles. The Morgan fingerprint density at radius 1 is 1.53 bits per heavy atom. The summed E-state index contributed by atoms with van der Waals surface area (Å²) in [4.78, 5) is 25.7. The maximum Gasteiger partial charge on any atom is 0.268 e. The number of aromatic amines is 1. The Labute approximate surface area is 110 Å².